The van der Waals surface area contributed by atoms with Crippen molar-refractivity contribution in [3.63, 3.8) is 0 Å². The van der Waals surface area contributed by atoms with Gasteiger partial charge in [0.25, 0.3) is 0 Å². The van der Waals surface area contributed by atoms with E-state index >= 15 is 0 Å². The number of anilines is 1. The summed E-state index contributed by atoms with van der Waals surface area (Å²) in [6.45, 7) is 5.37. The average molecular weight is 299 g/mol. The molecule has 2 rings (SSSR count). The molecule has 0 aliphatic carbocycles. The smallest absolute Gasteiger partial charge is 0.182 e. The van der Waals surface area contributed by atoms with E-state index in [0.29, 0.717) is 6.54 Å². The van der Waals surface area contributed by atoms with Gasteiger partial charge in [0.05, 0.1) is 6.54 Å². The van der Waals surface area contributed by atoms with Gasteiger partial charge in [-0.15, -0.1) is 11.8 Å². The number of likely N-dealkylation sites (N-methyl/N-ethyl adjacent to an activating group) is 1. The highest BCUT2D eigenvalue weighted by molar-refractivity contribution is 7.98. The number of rotatable bonds is 6. The highest BCUT2D eigenvalue weighted by Gasteiger charge is 2.12. The molecule has 0 heterocycles. The molecule has 2 nitrogen and oxygen atoms in total. The second-order valence-electron chi connectivity index (χ2n) is 5.00. The minimum Gasteiger partial charge on any atom is -0.364 e. The molecule has 3 heteroatoms. The molecule has 0 radical (unpaired) electrons. The molecule has 0 unspecified atom stereocenters. The molecule has 2 aromatic carbocycles. The third kappa shape index (κ3) is 4.11. The van der Waals surface area contributed by atoms with Crippen LogP contribution in [-0.2, 0) is 0 Å². The monoisotopic (exact) mass is 299 g/mol. The summed E-state index contributed by atoms with van der Waals surface area (Å²) in [6.07, 6.45) is 2.03. The second-order valence-corrected chi connectivity index (χ2v) is 5.88. The molecule has 0 aromatic heterocycles. The van der Waals surface area contributed by atoms with Crippen molar-refractivity contribution in [3.8, 4) is 0 Å². The van der Waals surface area contributed by atoms with Crippen molar-refractivity contribution in [2.75, 3.05) is 24.2 Å². The maximum atomic E-state index is 12.4. The predicted octanol–water partition coefficient (Wildman–Crippen LogP) is 4.43. The van der Waals surface area contributed by atoms with Crippen LogP contribution in [0.15, 0.2) is 53.4 Å². The van der Waals surface area contributed by atoms with Gasteiger partial charge in [-0.2, -0.15) is 0 Å². The largest absolute Gasteiger partial charge is 0.364 e. The zero-order valence-electron chi connectivity index (χ0n) is 12.8. The van der Waals surface area contributed by atoms with Crippen molar-refractivity contribution in [3.05, 3.63) is 59.7 Å². The van der Waals surface area contributed by atoms with E-state index in [1.54, 1.807) is 11.8 Å². The number of carbonyl (C=O) groups is 1. The van der Waals surface area contributed by atoms with E-state index in [1.807, 2.05) is 30.5 Å². The van der Waals surface area contributed by atoms with E-state index in [9.17, 15) is 4.79 Å². The number of benzene rings is 2. The van der Waals surface area contributed by atoms with E-state index in [2.05, 4.69) is 43.0 Å². The molecular formula is C18H21NOS. The Morgan fingerprint density at radius 2 is 1.67 bits per heavy atom. The number of carbonyl (C=O) groups excluding carboxylic acids is 1. The van der Waals surface area contributed by atoms with Gasteiger partial charge in [0.15, 0.2) is 5.78 Å². The van der Waals surface area contributed by atoms with E-state index in [4.69, 9.17) is 0 Å². The summed E-state index contributed by atoms with van der Waals surface area (Å²) >= 11 is 1.68. The van der Waals surface area contributed by atoms with Crippen molar-refractivity contribution >= 4 is 23.2 Å². The topological polar surface area (TPSA) is 20.3 Å². The Balaban J connectivity index is 2.10. The quantitative estimate of drug-likeness (QED) is 0.581. The van der Waals surface area contributed by atoms with Crippen LogP contribution in [0.2, 0.25) is 0 Å². The summed E-state index contributed by atoms with van der Waals surface area (Å²) in [5.41, 5.74) is 3.10. The molecule has 0 amide bonds. The third-order valence-corrected chi connectivity index (χ3v) is 4.27. The summed E-state index contributed by atoms with van der Waals surface area (Å²) in [5, 5.41) is 0. The Kier molecular flexibility index (Phi) is 5.45. The van der Waals surface area contributed by atoms with Crippen molar-refractivity contribution < 1.29 is 4.79 Å². The Morgan fingerprint density at radius 3 is 2.19 bits per heavy atom. The van der Waals surface area contributed by atoms with Crippen LogP contribution < -0.4 is 4.90 Å². The van der Waals surface area contributed by atoms with E-state index in [0.717, 1.165) is 17.8 Å². The first-order valence-electron chi connectivity index (χ1n) is 7.13. The Hall–Kier alpha value is -1.74. The number of nitrogens with zero attached hydrogens (tertiary/aromatic N) is 1. The molecule has 0 spiro atoms. The summed E-state index contributed by atoms with van der Waals surface area (Å²) < 4.78 is 0. The van der Waals surface area contributed by atoms with Crippen LogP contribution in [0.5, 0.6) is 0 Å². The first-order chi connectivity index (χ1) is 10.1. The molecule has 110 valence electrons. The standard InChI is InChI=1S/C18H21NOS/c1-4-19(16-9-5-14(2)6-10-16)13-18(20)15-7-11-17(21-3)12-8-15/h5-12H,4,13H2,1-3H3. The first-order valence-corrected chi connectivity index (χ1v) is 8.35. The second kappa shape index (κ2) is 7.32. The van der Waals surface area contributed by atoms with Crippen LogP contribution in [0, 0.1) is 6.92 Å². The first kappa shape index (κ1) is 15.6. The molecule has 0 fully saturated rings. The molecule has 0 N–H and O–H groups in total. The van der Waals surface area contributed by atoms with Gasteiger partial charge in [-0.05, 0) is 44.4 Å². The number of Topliss-reactive ketones (excluding diaryl/α,β-unsaturated/α-hetero) is 1. The molecule has 21 heavy (non-hydrogen) atoms. The van der Waals surface area contributed by atoms with Gasteiger partial charge in [-0.3, -0.25) is 4.79 Å². The molecular weight excluding hydrogens is 278 g/mol. The molecule has 0 atom stereocenters. The van der Waals surface area contributed by atoms with Gasteiger partial charge >= 0.3 is 0 Å². The normalized spacial score (nSPS) is 10.4. The van der Waals surface area contributed by atoms with Crippen molar-refractivity contribution in [1.82, 2.24) is 0 Å². The fraction of sp³-hybridized carbons (Fsp3) is 0.278. The molecule has 0 aliphatic heterocycles. The highest BCUT2D eigenvalue weighted by atomic mass is 32.2. The SMILES string of the molecule is CCN(CC(=O)c1ccc(SC)cc1)c1ccc(C)cc1. The van der Waals surface area contributed by atoms with E-state index in [-0.39, 0.29) is 5.78 Å². The molecule has 2 aromatic rings. The lowest BCUT2D eigenvalue weighted by molar-refractivity contribution is 0.0999. The maximum Gasteiger partial charge on any atom is 0.182 e. The number of hydrogen-bond acceptors (Lipinski definition) is 3. The molecule has 0 saturated heterocycles. The van der Waals surface area contributed by atoms with Crippen LogP contribution in [0.1, 0.15) is 22.8 Å². The third-order valence-electron chi connectivity index (χ3n) is 3.53. The van der Waals surface area contributed by atoms with E-state index in [1.165, 1.54) is 10.5 Å². The number of thioether (sulfide) groups is 1. The van der Waals surface area contributed by atoms with Gasteiger partial charge in [0, 0.05) is 22.7 Å². The molecule has 0 aliphatic rings. The van der Waals surface area contributed by atoms with Gasteiger partial charge in [-0.25, -0.2) is 0 Å². The minimum atomic E-state index is 0.157. The zero-order chi connectivity index (χ0) is 15.2. The lowest BCUT2D eigenvalue weighted by atomic mass is 10.1. The zero-order valence-corrected chi connectivity index (χ0v) is 13.6. The molecule has 0 saturated carbocycles. The summed E-state index contributed by atoms with van der Waals surface area (Å²) in [4.78, 5) is 15.7. The Bertz CT molecular complexity index is 590. The lowest BCUT2D eigenvalue weighted by Crippen LogP contribution is -2.29. The van der Waals surface area contributed by atoms with Crippen LogP contribution in [0.4, 0.5) is 5.69 Å². The minimum absolute atomic E-state index is 0.157. The van der Waals surface area contributed by atoms with E-state index < -0.39 is 0 Å². The number of ketones is 1. The number of hydrogen-bond donors (Lipinski definition) is 0. The van der Waals surface area contributed by atoms with Gasteiger partial charge in [0.2, 0.25) is 0 Å². The average Bonchev–Trinajstić information content (AvgIpc) is 2.53. The van der Waals surface area contributed by atoms with Crippen molar-refractivity contribution in [1.29, 1.82) is 0 Å². The van der Waals surface area contributed by atoms with Crippen LogP contribution in [-0.4, -0.2) is 25.1 Å². The fourth-order valence-electron chi connectivity index (χ4n) is 2.18. The summed E-state index contributed by atoms with van der Waals surface area (Å²) in [7, 11) is 0. The maximum absolute atomic E-state index is 12.4. The van der Waals surface area contributed by atoms with Gasteiger partial charge < -0.3 is 4.90 Å². The highest BCUT2D eigenvalue weighted by Crippen LogP contribution is 2.18. The number of aryl methyl sites for hydroxylation is 1. The lowest BCUT2D eigenvalue weighted by Gasteiger charge is -2.22. The van der Waals surface area contributed by atoms with Crippen LogP contribution >= 0.6 is 11.8 Å². The Labute approximate surface area is 131 Å². The predicted molar refractivity (Wildman–Crippen MR) is 91.6 cm³/mol. The van der Waals surface area contributed by atoms with Crippen LogP contribution in [0.3, 0.4) is 0 Å². The van der Waals surface area contributed by atoms with Crippen molar-refractivity contribution in [2.45, 2.75) is 18.7 Å². The van der Waals surface area contributed by atoms with Gasteiger partial charge in [0.1, 0.15) is 0 Å². The summed E-state index contributed by atoms with van der Waals surface area (Å²) in [5.74, 6) is 0.157. The fourth-order valence-corrected chi connectivity index (χ4v) is 2.59. The van der Waals surface area contributed by atoms with Crippen LogP contribution in [0.25, 0.3) is 0 Å². The summed E-state index contributed by atoms with van der Waals surface area (Å²) in [6, 6.07) is 16.1. The van der Waals surface area contributed by atoms with Gasteiger partial charge in [-0.1, -0.05) is 29.8 Å². The van der Waals surface area contributed by atoms with Crippen molar-refractivity contribution in [2.24, 2.45) is 0 Å². The Morgan fingerprint density at radius 1 is 1.05 bits per heavy atom. The molecule has 0 bridgehead atoms.